The van der Waals surface area contributed by atoms with Gasteiger partial charge in [0, 0.05) is 17.0 Å². The molecule has 0 amide bonds. The Morgan fingerprint density at radius 2 is 1.96 bits per heavy atom. The molecule has 0 saturated carbocycles. The molecule has 26 heavy (non-hydrogen) atoms. The first-order valence-corrected chi connectivity index (χ1v) is 8.37. The van der Waals surface area contributed by atoms with E-state index in [2.05, 4.69) is 9.97 Å². The molecule has 2 heterocycles. The van der Waals surface area contributed by atoms with E-state index in [1.165, 1.54) is 19.2 Å². The molecule has 0 bridgehead atoms. The van der Waals surface area contributed by atoms with Crippen molar-refractivity contribution in [1.29, 1.82) is 0 Å². The molecule has 0 saturated heterocycles. The van der Waals surface area contributed by atoms with Crippen LogP contribution in [-0.4, -0.2) is 23.6 Å². The third-order valence-corrected chi connectivity index (χ3v) is 4.30. The number of H-pyrrole nitrogens is 1. The highest BCUT2D eigenvalue weighted by atomic mass is 19.4. The SMILES string of the molecule is COc1cccc(-c2[nH]c3ccc(C(F)(F)F)cc3c2CCCCN)n1. The molecular formula is C19H20F3N3O. The second-order valence-electron chi connectivity index (χ2n) is 6.05. The van der Waals surface area contributed by atoms with Crippen LogP contribution in [-0.2, 0) is 12.6 Å². The molecule has 0 atom stereocenters. The number of hydrogen-bond donors (Lipinski definition) is 2. The van der Waals surface area contributed by atoms with Crippen LogP contribution in [0.3, 0.4) is 0 Å². The number of nitrogens with one attached hydrogen (secondary N) is 1. The molecule has 0 fully saturated rings. The second kappa shape index (κ2) is 7.37. The molecule has 138 valence electrons. The molecule has 0 unspecified atom stereocenters. The van der Waals surface area contributed by atoms with Crippen LogP contribution in [0, 0.1) is 0 Å². The summed E-state index contributed by atoms with van der Waals surface area (Å²) in [6.07, 6.45) is -2.17. The Balaban J connectivity index is 2.15. The number of hydrogen-bond acceptors (Lipinski definition) is 3. The van der Waals surface area contributed by atoms with Crippen molar-refractivity contribution in [2.75, 3.05) is 13.7 Å². The average Bonchev–Trinajstić information content (AvgIpc) is 2.99. The molecular weight excluding hydrogens is 343 g/mol. The highest BCUT2D eigenvalue weighted by Crippen LogP contribution is 2.36. The fraction of sp³-hybridized carbons (Fsp3) is 0.316. The monoisotopic (exact) mass is 363 g/mol. The average molecular weight is 363 g/mol. The number of aromatic nitrogens is 2. The highest BCUT2D eigenvalue weighted by molar-refractivity contribution is 5.90. The van der Waals surface area contributed by atoms with Crippen molar-refractivity contribution >= 4 is 10.9 Å². The van der Waals surface area contributed by atoms with Crippen LogP contribution in [0.15, 0.2) is 36.4 Å². The minimum atomic E-state index is -4.38. The van der Waals surface area contributed by atoms with Gasteiger partial charge in [-0.05, 0) is 55.6 Å². The van der Waals surface area contributed by atoms with E-state index in [0.29, 0.717) is 35.4 Å². The minimum absolute atomic E-state index is 0.449. The van der Waals surface area contributed by atoms with E-state index in [1.807, 2.05) is 6.07 Å². The smallest absolute Gasteiger partial charge is 0.416 e. The molecule has 0 spiro atoms. The molecule has 0 aliphatic rings. The first-order valence-electron chi connectivity index (χ1n) is 8.37. The predicted molar refractivity (Wildman–Crippen MR) is 95.1 cm³/mol. The number of aromatic amines is 1. The van der Waals surface area contributed by atoms with E-state index >= 15 is 0 Å². The van der Waals surface area contributed by atoms with Crippen LogP contribution in [0.2, 0.25) is 0 Å². The second-order valence-corrected chi connectivity index (χ2v) is 6.05. The fourth-order valence-corrected chi connectivity index (χ4v) is 3.02. The summed E-state index contributed by atoms with van der Waals surface area (Å²) in [4.78, 5) is 7.64. The number of benzene rings is 1. The topological polar surface area (TPSA) is 63.9 Å². The van der Waals surface area contributed by atoms with Gasteiger partial charge in [-0.2, -0.15) is 13.2 Å². The molecule has 4 nitrogen and oxygen atoms in total. The van der Waals surface area contributed by atoms with E-state index < -0.39 is 11.7 Å². The van der Waals surface area contributed by atoms with Crippen LogP contribution < -0.4 is 10.5 Å². The van der Waals surface area contributed by atoms with E-state index in [4.69, 9.17) is 10.5 Å². The quantitative estimate of drug-likeness (QED) is 0.632. The largest absolute Gasteiger partial charge is 0.481 e. The Morgan fingerprint density at radius 1 is 1.15 bits per heavy atom. The third kappa shape index (κ3) is 3.67. The number of pyridine rings is 1. The molecule has 0 radical (unpaired) electrons. The number of methoxy groups -OCH3 is 1. The Labute approximate surface area is 149 Å². The van der Waals surface area contributed by atoms with Crippen molar-refractivity contribution in [2.45, 2.75) is 25.4 Å². The zero-order chi connectivity index (χ0) is 18.7. The molecule has 1 aromatic carbocycles. The van der Waals surface area contributed by atoms with Gasteiger partial charge in [0.2, 0.25) is 5.88 Å². The summed E-state index contributed by atoms with van der Waals surface area (Å²) in [6, 6.07) is 9.09. The van der Waals surface area contributed by atoms with Gasteiger partial charge in [0.15, 0.2) is 0 Å². The predicted octanol–water partition coefficient (Wildman–Crippen LogP) is 4.54. The number of halogens is 3. The fourth-order valence-electron chi connectivity index (χ4n) is 3.02. The lowest BCUT2D eigenvalue weighted by atomic mass is 10.0. The van der Waals surface area contributed by atoms with E-state index in [1.54, 1.807) is 12.1 Å². The van der Waals surface area contributed by atoms with Gasteiger partial charge in [0.25, 0.3) is 0 Å². The molecule has 2 aromatic heterocycles. The molecule has 7 heteroatoms. The molecule has 0 aliphatic heterocycles. The van der Waals surface area contributed by atoms with Crippen LogP contribution >= 0.6 is 0 Å². The summed E-state index contributed by atoms with van der Waals surface area (Å²) in [7, 11) is 1.52. The zero-order valence-electron chi connectivity index (χ0n) is 14.4. The summed E-state index contributed by atoms with van der Waals surface area (Å²) in [5, 5.41) is 0.566. The summed E-state index contributed by atoms with van der Waals surface area (Å²) in [6.45, 7) is 0.545. The number of alkyl halides is 3. The number of nitrogens with zero attached hydrogens (tertiary/aromatic N) is 1. The molecule has 3 rings (SSSR count). The maximum Gasteiger partial charge on any atom is 0.416 e. The summed E-state index contributed by atoms with van der Waals surface area (Å²) in [5.41, 5.74) is 7.73. The van der Waals surface area contributed by atoms with E-state index in [-0.39, 0.29) is 0 Å². The minimum Gasteiger partial charge on any atom is -0.481 e. The van der Waals surface area contributed by atoms with Gasteiger partial charge < -0.3 is 15.5 Å². The van der Waals surface area contributed by atoms with Gasteiger partial charge in [-0.1, -0.05) is 6.07 Å². The van der Waals surface area contributed by atoms with Crippen molar-refractivity contribution in [3.63, 3.8) is 0 Å². The normalized spacial score (nSPS) is 11.9. The lowest BCUT2D eigenvalue weighted by Crippen LogP contribution is -2.04. The number of unbranched alkanes of at least 4 members (excludes halogenated alkanes) is 1. The van der Waals surface area contributed by atoms with Crippen LogP contribution in [0.25, 0.3) is 22.3 Å². The summed E-state index contributed by atoms with van der Waals surface area (Å²) in [5.74, 6) is 0.449. The number of aryl methyl sites for hydroxylation is 1. The molecule has 3 aromatic rings. The van der Waals surface area contributed by atoms with Crippen molar-refractivity contribution in [3.05, 3.63) is 47.5 Å². The van der Waals surface area contributed by atoms with Crippen molar-refractivity contribution in [1.82, 2.24) is 9.97 Å². The van der Waals surface area contributed by atoms with Gasteiger partial charge in [-0.25, -0.2) is 4.98 Å². The number of ether oxygens (including phenoxy) is 1. The summed E-state index contributed by atoms with van der Waals surface area (Å²) < 4.78 is 44.5. The van der Waals surface area contributed by atoms with Crippen molar-refractivity contribution in [3.8, 4) is 17.3 Å². The lowest BCUT2D eigenvalue weighted by molar-refractivity contribution is -0.137. The Hall–Kier alpha value is -2.54. The van der Waals surface area contributed by atoms with Crippen molar-refractivity contribution < 1.29 is 17.9 Å². The first-order chi connectivity index (χ1) is 12.4. The molecule has 3 N–H and O–H groups in total. The number of nitrogens with two attached hydrogens (primary N) is 1. The number of fused-ring (bicyclic) bond motifs is 1. The van der Waals surface area contributed by atoms with E-state index in [9.17, 15) is 13.2 Å². The third-order valence-electron chi connectivity index (χ3n) is 4.30. The Kier molecular flexibility index (Phi) is 5.18. The van der Waals surface area contributed by atoms with Gasteiger partial charge in [0.05, 0.1) is 24.1 Å². The lowest BCUT2D eigenvalue weighted by Gasteiger charge is -2.08. The molecule has 0 aliphatic carbocycles. The van der Waals surface area contributed by atoms with E-state index in [0.717, 1.165) is 30.2 Å². The van der Waals surface area contributed by atoms with Crippen molar-refractivity contribution in [2.24, 2.45) is 5.73 Å². The van der Waals surface area contributed by atoms with Gasteiger partial charge >= 0.3 is 6.18 Å². The standard InChI is InChI=1S/C19H20F3N3O/c1-26-17-7-4-6-16(24-17)18-13(5-2-3-10-23)14-11-12(19(20,21)22)8-9-15(14)25-18/h4,6-9,11,25H,2-3,5,10,23H2,1H3. The maximum absolute atomic E-state index is 13.1. The van der Waals surface area contributed by atoms with Crippen LogP contribution in [0.4, 0.5) is 13.2 Å². The highest BCUT2D eigenvalue weighted by Gasteiger charge is 2.31. The van der Waals surface area contributed by atoms with Crippen LogP contribution in [0.5, 0.6) is 5.88 Å². The van der Waals surface area contributed by atoms with Gasteiger partial charge in [0.1, 0.15) is 0 Å². The van der Waals surface area contributed by atoms with Gasteiger partial charge in [-0.3, -0.25) is 0 Å². The van der Waals surface area contributed by atoms with Gasteiger partial charge in [-0.15, -0.1) is 0 Å². The zero-order valence-corrected chi connectivity index (χ0v) is 14.4. The maximum atomic E-state index is 13.1. The number of rotatable bonds is 6. The Morgan fingerprint density at radius 3 is 2.65 bits per heavy atom. The Bertz CT molecular complexity index is 903. The summed E-state index contributed by atoms with van der Waals surface area (Å²) >= 11 is 0. The first kappa shape index (κ1) is 18.3. The van der Waals surface area contributed by atoms with Crippen LogP contribution in [0.1, 0.15) is 24.0 Å².